The summed E-state index contributed by atoms with van der Waals surface area (Å²) >= 11 is 2.90. The molecule has 0 saturated carbocycles. The van der Waals surface area contributed by atoms with Crippen molar-refractivity contribution in [1.29, 1.82) is 0 Å². The van der Waals surface area contributed by atoms with Gasteiger partial charge in [-0.25, -0.2) is 4.98 Å². The average Bonchev–Trinajstić information content (AvgIpc) is 3.42. The number of carbonyl (C=O) groups is 1. The van der Waals surface area contributed by atoms with E-state index in [4.69, 9.17) is 4.98 Å². The molecule has 5 rings (SSSR count). The van der Waals surface area contributed by atoms with Gasteiger partial charge < -0.3 is 5.32 Å². The molecule has 1 aliphatic rings. The molecule has 1 amide bonds. The van der Waals surface area contributed by atoms with Gasteiger partial charge in [-0.1, -0.05) is 60.3 Å². The maximum atomic E-state index is 13.2. The molecule has 0 fully saturated rings. The molecule has 2 aromatic carbocycles. The third-order valence-electron chi connectivity index (χ3n) is 5.71. The monoisotopic (exact) mass is 473 g/mol. The molecule has 33 heavy (non-hydrogen) atoms. The Morgan fingerprint density at radius 1 is 1.12 bits per heavy atom. The predicted molar refractivity (Wildman–Crippen MR) is 137 cm³/mol. The summed E-state index contributed by atoms with van der Waals surface area (Å²) in [4.78, 5) is 32.6. The number of anilines is 1. The van der Waals surface area contributed by atoms with Crippen LogP contribution in [0.25, 0.3) is 21.3 Å². The van der Waals surface area contributed by atoms with Gasteiger partial charge >= 0.3 is 0 Å². The number of rotatable bonds is 7. The Morgan fingerprint density at radius 2 is 1.88 bits per heavy atom. The van der Waals surface area contributed by atoms with E-state index >= 15 is 0 Å². The molecule has 1 N–H and O–H groups in total. The van der Waals surface area contributed by atoms with Crippen LogP contribution in [0.2, 0.25) is 0 Å². The predicted octanol–water partition coefficient (Wildman–Crippen LogP) is 5.53. The van der Waals surface area contributed by atoms with E-state index in [0.717, 1.165) is 46.3 Å². The number of thiophene rings is 1. The van der Waals surface area contributed by atoms with Gasteiger partial charge in [0.05, 0.1) is 11.1 Å². The number of amides is 1. The van der Waals surface area contributed by atoms with E-state index in [9.17, 15) is 9.59 Å². The van der Waals surface area contributed by atoms with Gasteiger partial charge in [0.1, 0.15) is 4.83 Å². The number of aromatic nitrogens is 2. The molecule has 0 spiro atoms. The first-order chi connectivity index (χ1) is 16.1. The smallest absolute Gasteiger partial charge is 0.263 e. The number of fused-ring (bicyclic) bond motifs is 3. The molecule has 0 aliphatic heterocycles. The maximum Gasteiger partial charge on any atom is 0.263 e. The van der Waals surface area contributed by atoms with Crippen LogP contribution in [0.4, 0.5) is 5.69 Å². The lowest BCUT2D eigenvalue weighted by Crippen LogP contribution is -2.23. The molecule has 166 valence electrons. The molecule has 0 radical (unpaired) electrons. The second-order valence-corrected chi connectivity index (χ2v) is 9.94. The molecule has 4 aromatic rings. The van der Waals surface area contributed by atoms with Gasteiger partial charge in [0.2, 0.25) is 5.91 Å². The number of nitrogens with zero attached hydrogens (tertiary/aromatic N) is 2. The highest BCUT2D eigenvalue weighted by molar-refractivity contribution is 7.99. The molecule has 0 saturated heterocycles. The lowest BCUT2D eigenvalue weighted by atomic mass is 10.1. The number of aryl methyl sites for hydroxylation is 2. The van der Waals surface area contributed by atoms with Crippen molar-refractivity contribution in [3.05, 3.63) is 88.0 Å². The fourth-order valence-electron chi connectivity index (χ4n) is 4.16. The minimum atomic E-state index is -0.138. The van der Waals surface area contributed by atoms with E-state index in [0.29, 0.717) is 11.7 Å². The zero-order valence-electron chi connectivity index (χ0n) is 18.0. The Kier molecular flexibility index (Phi) is 6.15. The quantitative estimate of drug-likeness (QED) is 0.218. The molecule has 5 nitrogen and oxygen atoms in total. The van der Waals surface area contributed by atoms with Crippen LogP contribution in [0.3, 0.4) is 0 Å². The minimum Gasteiger partial charge on any atom is -0.325 e. The van der Waals surface area contributed by atoms with E-state index in [1.807, 2.05) is 42.5 Å². The van der Waals surface area contributed by atoms with Crippen molar-refractivity contribution >= 4 is 44.9 Å². The molecule has 2 aromatic heterocycles. The Balaban J connectivity index is 1.31. The number of nitrogens with one attached hydrogen (secondary N) is 1. The molecule has 0 atom stereocenters. The first-order valence-electron chi connectivity index (χ1n) is 10.9. The number of hydrogen-bond donors (Lipinski definition) is 1. The normalized spacial score (nSPS) is 12.6. The fraction of sp³-hybridized carbons (Fsp3) is 0.192. The van der Waals surface area contributed by atoms with E-state index in [1.165, 1.54) is 22.2 Å². The Hall–Kier alpha value is -3.16. The van der Waals surface area contributed by atoms with Crippen molar-refractivity contribution < 1.29 is 4.79 Å². The first-order valence-corrected chi connectivity index (χ1v) is 12.7. The van der Waals surface area contributed by atoms with Crippen LogP contribution in [-0.2, 0) is 24.2 Å². The van der Waals surface area contributed by atoms with Gasteiger partial charge in [-0.3, -0.25) is 14.2 Å². The summed E-state index contributed by atoms with van der Waals surface area (Å²) in [6.45, 7) is 4.16. The summed E-state index contributed by atoms with van der Waals surface area (Å²) in [5.74, 6) is 0.0290. The molecule has 7 heteroatoms. The number of benzene rings is 2. The summed E-state index contributed by atoms with van der Waals surface area (Å²) < 4.78 is 1.63. The molecule has 0 bridgehead atoms. The Bertz CT molecular complexity index is 1390. The van der Waals surface area contributed by atoms with Crippen LogP contribution in [0.15, 0.2) is 77.2 Å². The van der Waals surface area contributed by atoms with E-state index < -0.39 is 0 Å². The van der Waals surface area contributed by atoms with Crippen molar-refractivity contribution in [2.24, 2.45) is 0 Å². The topological polar surface area (TPSA) is 64.0 Å². The van der Waals surface area contributed by atoms with Gasteiger partial charge in [-0.2, -0.15) is 0 Å². The number of thioether (sulfide) groups is 1. The van der Waals surface area contributed by atoms with Crippen molar-refractivity contribution in [1.82, 2.24) is 9.55 Å². The van der Waals surface area contributed by atoms with E-state index in [2.05, 4.69) is 24.0 Å². The molecular formula is C26H23N3O2S2. The van der Waals surface area contributed by atoms with Crippen LogP contribution < -0.4 is 10.9 Å². The number of carbonyl (C=O) groups excluding carboxylic acids is 1. The highest BCUT2D eigenvalue weighted by Crippen LogP contribution is 2.35. The lowest BCUT2D eigenvalue weighted by molar-refractivity contribution is -0.113. The molecule has 1 aliphatic carbocycles. The van der Waals surface area contributed by atoms with Crippen molar-refractivity contribution in [3.63, 3.8) is 0 Å². The highest BCUT2D eigenvalue weighted by Gasteiger charge is 2.23. The highest BCUT2D eigenvalue weighted by atomic mass is 32.2. The Labute approximate surface area is 200 Å². The largest absolute Gasteiger partial charge is 0.325 e. The zero-order chi connectivity index (χ0) is 22.8. The van der Waals surface area contributed by atoms with Crippen LogP contribution in [-0.4, -0.2) is 21.2 Å². The van der Waals surface area contributed by atoms with Gasteiger partial charge in [-0.05, 0) is 48.1 Å². The number of allylic oxidation sites excluding steroid dienone is 1. The summed E-state index contributed by atoms with van der Waals surface area (Å²) in [6, 6.07) is 17.9. The van der Waals surface area contributed by atoms with Gasteiger partial charge in [0, 0.05) is 17.1 Å². The molecule has 2 heterocycles. The van der Waals surface area contributed by atoms with Crippen molar-refractivity contribution in [2.45, 2.75) is 31.0 Å². The molecule has 0 unspecified atom stereocenters. The summed E-state index contributed by atoms with van der Waals surface area (Å²) in [7, 11) is 0. The van der Waals surface area contributed by atoms with E-state index in [1.54, 1.807) is 22.0 Å². The van der Waals surface area contributed by atoms with Crippen LogP contribution in [0.1, 0.15) is 16.9 Å². The van der Waals surface area contributed by atoms with Crippen LogP contribution in [0, 0.1) is 0 Å². The lowest BCUT2D eigenvalue weighted by Gasteiger charge is -2.11. The third-order valence-corrected chi connectivity index (χ3v) is 7.87. The third kappa shape index (κ3) is 4.38. The average molecular weight is 474 g/mol. The SMILES string of the molecule is C=CCn1c(SCC(=O)Nc2ccc(-c3ccccc3)cc2)nc2sc3c(c2c1=O)CCC3. The van der Waals surface area contributed by atoms with Gasteiger partial charge in [0.25, 0.3) is 5.56 Å². The van der Waals surface area contributed by atoms with Gasteiger partial charge in [0.15, 0.2) is 5.16 Å². The second-order valence-electron chi connectivity index (χ2n) is 7.92. The summed E-state index contributed by atoms with van der Waals surface area (Å²) in [5, 5.41) is 4.24. The standard InChI is InChI=1S/C26H23N3O2S2/c1-2-15-29-25(31)23-20-9-6-10-21(20)33-24(23)28-26(29)32-16-22(30)27-19-13-11-18(12-14-19)17-7-4-3-5-8-17/h2-5,7-8,11-14H,1,6,9-10,15-16H2,(H,27,30). The molecular weight excluding hydrogens is 450 g/mol. The zero-order valence-corrected chi connectivity index (χ0v) is 19.7. The number of hydrogen-bond acceptors (Lipinski definition) is 5. The van der Waals surface area contributed by atoms with Crippen molar-refractivity contribution in [3.8, 4) is 11.1 Å². The maximum absolute atomic E-state index is 13.2. The minimum absolute atomic E-state index is 0.0290. The van der Waals surface area contributed by atoms with Crippen LogP contribution >= 0.6 is 23.1 Å². The summed E-state index contributed by atoms with van der Waals surface area (Å²) in [5.41, 5.74) is 4.10. The first kappa shape index (κ1) is 21.7. The Morgan fingerprint density at radius 3 is 2.64 bits per heavy atom. The van der Waals surface area contributed by atoms with E-state index in [-0.39, 0.29) is 17.2 Å². The fourth-order valence-corrected chi connectivity index (χ4v) is 6.27. The second kappa shape index (κ2) is 9.37. The van der Waals surface area contributed by atoms with Gasteiger partial charge in [-0.15, -0.1) is 17.9 Å². The van der Waals surface area contributed by atoms with Crippen molar-refractivity contribution in [2.75, 3.05) is 11.1 Å². The summed E-state index contributed by atoms with van der Waals surface area (Å²) in [6.07, 6.45) is 4.75. The van der Waals surface area contributed by atoms with Crippen LogP contribution in [0.5, 0.6) is 0 Å².